The van der Waals surface area contributed by atoms with E-state index in [-0.39, 0.29) is 6.04 Å². The number of H-pyrrole nitrogens is 1. The molecule has 2 aromatic rings. The maximum atomic E-state index is 3.99. The van der Waals surface area contributed by atoms with Crippen LogP contribution in [0.4, 0.5) is 11.4 Å². The number of anilines is 2. The molecule has 2 heterocycles. The van der Waals surface area contributed by atoms with E-state index in [2.05, 4.69) is 51.6 Å². The van der Waals surface area contributed by atoms with Crippen molar-refractivity contribution in [2.75, 3.05) is 23.3 Å². The summed E-state index contributed by atoms with van der Waals surface area (Å²) in [5.41, 5.74) is 3.59. The van der Waals surface area contributed by atoms with Gasteiger partial charge in [0.25, 0.3) is 0 Å². The predicted octanol–water partition coefficient (Wildman–Crippen LogP) is 3.57. The van der Waals surface area contributed by atoms with E-state index >= 15 is 0 Å². The van der Waals surface area contributed by atoms with Crippen LogP contribution < -0.4 is 10.2 Å². The number of rotatable bonds is 4. The lowest BCUT2D eigenvalue weighted by Gasteiger charge is -2.29. The van der Waals surface area contributed by atoms with Crippen molar-refractivity contribution in [1.82, 2.24) is 10.2 Å². The third kappa shape index (κ3) is 2.95. The summed E-state index contributed by atoms with van der Waals surface area (Å²) in [5.74, 6) is 0. The van der Waals surface area contributed by atoms with Crippen molar-refractivity contribution < 1.29 is 0 Å². The van der Waals surface area contributed by atoms with Crippen molar-refractivity contribution in [3.05, 3.63) is 42.2 Å². The van der Waals surface area contributed by atoms with E-state index in [1.54, 1.807) is 6.20 Å². The molecular weight excluding hydrogens is 248 g/mol. The average molecular weight is 270 g/mol. The Hall–Kier alpha value is -1.97. The van der Waals surface area contributed by atoms with E-state index in [4.69, 9.17) is 0 Å². The van der Waals surface area contributed by atoms with Crippen LogP contribution >= 0.6 is 0 Å². The van der Waals surface area contributed by atoms with Crippen molar-refractivity contribution >= 4 is 11.4 Å². The fraction of sp³-hybridized carbons (Fsp3) is 0.438. The van der Waals surface area contributed by atoms with Crippen LogP contribution in [0.3, 0.4) is 0 Å². The molecule has 4 nitrogen and oxygen atoms in total. The lowest BCUT2D eigenvalue weighted by Crippen LogP contribution is -2.29. The fourth-order valence-electron chi connectivity index (χ4n) is 2.76. The molecule has 0 spiro atoms. The molecule has 3 rings (SSSR count). The molecule has 0 saturated carbocycles. The van der Waals surface area contributed by atoms with Crippen LogP contribution in [0.2, 0.25) is 0 Å². The lowest BCUT2D eigenvalue weighted by atomic mass is 10.1. The minimum atomic E-state index is 0.235. The van der Waals surface area contributed by atoms with Crippen molar-refractivity contribution in [2.45, 2.75) is 32.2 Å². The highest BCUT2D eigenvalue weighted by molar-refractivity contribution is 5.55. The Morgan fingerprint density at radius 1 is 1.10 bits per heavy atom. The van der Waals surface area contributed by atoms with Crippen molar-refractivity contribution in [1.29, 1.82) is 0 Å². The quantitative estimate of drug-likeness (QED) is 0.892. The zero-order valence-corrected chi connectivity index (χ0v) is 12.0. The van der Waals surface area contributed by atoms with Crippen LogP contribution in [-0.4, -0.2) is 23.3 Å². The Morgan fingerprint density at radius 2 is 1.85 bits per heavy atom. The third-order valence-electron chi connectivity index (χ3n) is 3.96. The van der Waals surface area contributed by atoms with Crippen LogP contribution in [0.1, 0.15) is 37.9 Å². The van der Waals surface area contributed by atoms with Gasteiger partial charge in [-0.25, -0.2) is 0 Å². The second-order valence-electron chi connectivity index (χ2n) is 5.47. The molecule has 0 radical (unpaired) electrons. The zero-order valence-electron chi connectivity index (χ0n) is 12.0. The minimum Gasteiger partial charge on any atom is -0.377 e. The standard InChI is InChI=1S/C16H22N4/c1-13(16-9-10-17-19-16)18-14-5-7-15(8-6-14)20-11-3-2-4-12-20/h5-10,13,18H,2-4,11-12H2,1H3,(H,17,19). The van der Waals surface area contributed by atoms with Gasteiger partial charge in [-0.1, -0.05) is 0 Å². The van der Waals surface area contributed by atoms with E-state index in [1.807, 2.05) is 6.07 Å². The largest absolute Gasteiger partial charge is 0.377 e. The summed E-state index contributed by atoms with van der Waals surface area (Å²) >= 11 is 0. The SMILES string of the molecule is CC(Nc1ccc(N2CCCCC2)cc1)c1ccn[nH]1. The molecule has 0 amide bonds. The topological polar surface area (TPSA) is 44.0 Å². The average Bonchev–Trinajstić information content (AvgIpc) is 3.03. The molecule has 1 fully saturated rings. The monoisotopic (exact) mass is 270 g/mol. The second kappa shape index (κ2) is 5.99. The molecule has 1 aliphatic rings. The predicted molar refractivity (Wildman–Crippen MR) is 83.1 cm³/mol. The van der Waals surface area contributed by atoms with Gasteiger partial charge in [0.05, 0.1) is 11.7 Å². The van der Waals surface area contributed by atoms with Crippen LogP contribution in [0.5, 0.6) is 0 Å². The molecule has 1 saturated heterocycles. The number of nitrogens with one attached hydrogen (secondary N) is 2. The zero-order chi connectivity index (χ0) is 13.8. The smallest absolute Gasteiger partial charge is 0.0651 e. The van der Waals surface area contributed by atoms with Crippen molar-refractivity contribution in [2.24, 2.45) is 0 Å². The first-order chi connectivity index (χ1) is 9.83. The van der Waals surface area contributed by atoms with Gasteiger partial charge in [0.15, 0.2) is 0 Å². The first-order valence-corrected chi connectivity index (χ1v) is 7.44. The number of hydrogen-bond donors (Lipinski definition) is 2. The van der Waals surface area contributed by atoms with Crippen molar-refractivity contribution in [3.63, 3.8) is 0 Å². The Kier molecular flexibility index (Phi) is 3.90. The minimum absolute atomic E-state index is 0.235. The molecule has 0 bridgehead atoms. The van der Waals surface area contributed by atoms with Gasteiger partial charge < -0.3 is 10.2 Å². The van der Waals surface area contributed by atoms with Gasteiger partial charge in [-0.3, -0.25) is 5.10 Å². The van der Waals surface area contributed by atoms with Gasteiger partial charge in [-0.2, -0.15) is 5.10 Å². The number of hydrogen-bond acceptors (Lipinski definition) is 3. The summed E-state index contributed by atoms with van der Waals surface area (Å²) in [5, 5.41) is 10.5. The fourth-order valence-corrected chi connectivity index (χ4v) is 2.76. The second-order valence-corrected chi connectivity index (χ2v) is 5.47. The summed E-state index contributed by atoms with van der Waals surface area (Å²) in [6.07, 6.45) is 5.79. The van der Waals surface area contributed by atoms with Gasteiger partial charge >= 0.3 is 0 Å². The van der Waals surface area contributed by atoms with Crippen LogP contribution in [-0.2, 0) is 0 Å². The Morgan fingerprint density at radius 3 is 2.50 bits per heavy atom. The normalized spacial score (nSPS) is 16.9. The van der Waals surface area contributed by atoms with E-state index in [0.717, 1.165) is 11.4 Å². The van der Waals surface area contributed by atoms with E-state index in [1.165, 1.54) is 38.0 Å². The van der Waals surface area contributed by atoms with Crippen LogP contribution in [0, 0.1) is 0 Å². The van der Waals surface area contributed by atoms with Crippen LogP contribution in [0.25, 0.3) is 0 Å². The number of nitrogens with zero attached hydrogens (tertiary/aromatic N) is 2. The maximum Gasteiger partial charge on any atom is 0.0651 e. The molecule has 106 valence electrons. The molecule has 1 aromatic heterocycles. The van der Waals surface area contributed by atoms with Crippen LogP contribution in [0.15, 0.2) is 36.5 Å². The molecule has 1 atom stereocenters. The van der Waals surface area contributed by atoms with E-state index in [0.29, 0.717) is 0 Å². The number of benzene rings is 1. The van der Waals surface area contributed by atoms with Gasteiger partial charge in [-0.15, -0.1) is 0 Å². The van der Waals surface area contributed by atoms with E-state index < -0.39 is 0 Å². The molecule has 4 heteroatoms. The summed E-state index contributed by atoms with van der Waals surface area (Å²) in [6.45, 7) is 4.51. The molecule has 0 aliphatic carbocycles. The van der Waals surface area contributed by atoms with E-state index in [9.17, 15) is 0 Å². The molecule has 20 heavy (non-hydrogen) atoms. The molecular formula is C16H22N4. The third-order valence-corrected chi connectivity index (χ3v) is 3.96. The lowest BCUT2D eigenvalue weighted by molar-refractivity contribution is 0.578. The van der Waals surface area contributed by atoms with Gasteiger partial charge in [0, 0.05) is 30.7 Å². The van der Waals surface area contributed by atoms with Gasteiger partial charge in [0.1, 0.15) is 0 Å². The number of aromatic nitrogens is 2. The number of piperidine rings is 1. The molecule has 1 aromatic carbocycles. The Labute approximate surface area is 120 Å². The van der Waals surface area contributed by atoms with Crippen molar-refractivity contribution in [3.8, 4) is 0 Å². The summed E-state index contributed by atoms with van der Waals surface area (Å²) in [7, 11) is 0. The Balaban J connectivity index is 1.63. The maximum absolute atomic E-state index is 3.99. The summed E-state index contributed by atoms with van der Waals surface area (Å²) < 4.78 is 0. The highest BCUT2D eigenvalue weighted by Gasteiger charge is 2.11. The molecule has 2 N–H and O–H groups in total. The molecule has 1 unspecified atom stereocenters. The van der Waals surface area contributed by atoms with Gasteiger partial charge in [-0.05, 0) is 56.5 Å². The first kappa shape index (κ1) is 13.0. The summed E-state index contributed by atoms with van der Waals surface area (Å²) in [6, 6.07) is 11.0. The molecule has 1 aliphatic heterocycles. The Bertz CT molecular complexity index is 512. The highest BCUT2D eigenvalue weighted by atomic mass is 15.1. The highest BCUT2D eigenvalue weighted by Crippen LogP contribution is 2.23. The first-order valence-electron chi connectivity index (χ1n) is 7.44. The van der Waals surface area contributed by atoms with Gasteiger partial charge in [0.2, 0.25) is 0 Å². The summed E-state index contributed by atoms with van der Waals surface area (Å²) in [4.78, 5) is 2.48. The number of aromatic amines is 1.